The van der Waals surface area contributed by atoms with Crippen LogP contribution in [0.3, 0.4) is 0 Å². The van der Waals surface area contributed by atoms with Crippen LogP contribution in [0.25, 0.3) is 0 Å². The molecule has 0 bridgehead atoms. The van der Waals surface area contributed by atoms with Crippen molar-refractivity contribution >= 4 is 10.0 Å². The van der Waals surface area contributed by atoms with Crippen molar-refractivity contribution in [2.45, 2.75) is 24.9 Å². The molecule has 140 valence electrons. The Bertz CT molecular complexity index is 921. The van der Waals surface area contributed by atoms with E-state index in [2.05, 4.69) is 21.7 Å². The van der Waals surface area contributed by atoms with Gasteiger partial charge in [0.05, 0.1) is 12.1 Å². The van der Waals surface area contributed by atoms with Gasteiger partial charge in [0.2, 0.25) is 10.0 Å². The molecule has 0 aliphatic heterocycles. The van der Waals surface area contributed by atoms with Crippen LogP contribution in [0.5, 0.6) is 5.75 Å². The molecule has 0 aliphatic rings. The maximum atomic E-state index is 12.6. The number of halogens is 3. The molecule has 1 heterocycles. The minimum atomic E-state index is -4.46. The molecule has 0 amide bonds. The SMILES string of the molecule is Cc1noc(C)c1S(=O)(=O)NCC#CCOc1cccc(C(F)(F)F)c1. The number of ether oxygens (including phenoxy) is 1. The van der Waals surface area contributed by atoms with Crippen molar-refractivity contribution in [1.82, 2.24) is 9.88 Å². The van der Waals surface area contributed by atoms with Crippen molar-refractivity contribution in [3.63, 3.8) is 0 Å². The summed E-state index contributed by atoms with van der Waals surface area (Å²) >= 11 is 0. The predicted molar refractivity (Wildman–Crippen MR) is 85.9 cm³/mol. The highest BCUT2D eigenvalue weighted by molar-refractivity contribution is 7.89. The van der Waals surface area contributed by atoms with Crippen molar-refractivity contribution in [3.05, 3.63) is 41.3 Å². The van der Waals surface area contributed by atoms with Crippen LogP contribution in [0.15, 0.2) is 33.7 Å². The average molecular weight is 388 g/mol. The third-order valence-corrected chi connectivity index (χ3v) is 4.83. The fourth-order valence-corrected chi connectivity index (χ4v) is 3.31. The number of benzene rings is 1. The first-order valence-corrected chi connectivity index (χ1v) is 8.78. The zero-order valence-electron chi connectivity index (χ0n) is 13.8. The fourth-order valence-electron chi connectivity index (χ4n) is 2.06. The normalized spacial score (nSPS) is 11.7. The Morgan fingerprint density at radius 1 is 1.27 bits per heavy atom. The second-order valence-electron chi connectivity index (χ2n) is 5.15. The minimum Gasteiger partial charge on any atom is -0.481 e. The monoisotopic (exact) mass is 388 g/mol. The summed E-state index contributed by atoms with van der Waals surface area (Å²) in [5, 5.41) is 3.57. The van der Waals surface area contributed by atoms with E-state index in [1.807, 2.05) is 0 Å². The average Bonchev–Trinajstić information content (AvgIpc) is 2.89. The highest BCUT2D eigenvalue weighted by Gasteiger charge is 2.30. The van der Waals surface area contributed by atoms with Gasteiger partial charge in [-0.25, -0.2) is 8.42 Å². The van der Waals surface area contributed by atoms with Crippen molar-refractivity contribution in [2.75, 3.05) is 13.2 Å². The Hall–Kier alpha value is -2.51. The molecule has 0 saturated heterocycles. The number of nitrogens with zero attached hydrogens (tertiary/aromatic N) is 1. The smallest absolute Gasteiger partial charge is 0.416 e. The van der Waals surface area contributed by atoms with Crippen LogP contribution < -0.4 is 9.46 Å². The van der Waals surface area contributed by atoms with Gasteiger partial charge in [0.25, 0.3) is 0 Å². The van der Waals surface area contributed by atoms with Gasteiger partial charge in [-0.05, 0) is 32.0 Å². The van der Waals surface area contributed by atoms with Crippen LogP contribution in [0.4, 0.5) is 13.2 Å². The Kier molecular flexibility index (Phi) is 5.94. The van der Waals surface area contributed by atoms with Gasteiger partial charge in [-0.1, -0.05) is 23.1 Å². The minimum absolute atomic E-state index is 0.0189. The number of aryl methyl sites for hydroxylation is 2. The van der Waals surface area contributed by atoms with E-state index in [0.717, 1.165) is 12.1 Å². The first-order valence-electron chi connectivity index (χ1n) is 7.29. The van der Waals surface area contributed by atoms with Crippen LogP contribution in [-0.2, 0) is 16.2 Å². The number of nitrogens with one attached hydrogen (secondary N) is 1. The van der Waals surface area contributed by atoms with Gasteiger partial charge in [0, 0.05) is 0 Å². The van der Waals surface area contributed by atoms with Gasteiger partial charge >= 0.3 is 6.18 Å². The number of alkyl halides is 3. The van der Waals surface area contributed by atoms with E-state index < -0.39 is 21.8 Å². The summed E-state index contributed by atoms with van der Waals surface area (Å²) in [6, 6.07) is 4.39. The van der Waals surface area contributed by atoms with Gasteiger partial charge in [-0.2, -0.15) is 17.9 Å². The van der Waals surface area contributed by atoms with Gasteiger partial charge in [-0.15, -0.1) is 0 Å². The van der Waals surface area contributed by atoms with E-state index in [1.165, 1.54) is 26.0 Å². The summed E-state index contributed by atoms with van der Waals surface area (Å²) in [7, 11) is -3.81. The zero-order valence-corrected chi connectivity index (χ0v) is 14.7. The number of hydrogen-bond donors (Lipinski definition) is 1. The molecule has 0 spiro atoms. The predicted octanol–water partition coefficient (Wildman–Crippen LogP) is 2.67. The van der Waals surface area contributed by atoms with Crippen LogP contribution in [0, 0.1) is 25.7 Å². The first kappa shape index (κ1) is 19.8. The second kappa shape index (κ2) is 7.80. The lowest BCUT2D eigenvalue weighted by Gasteiger charge is -2.08. The molecule has 0 fully saturated rings. The lowest BCUT2D eigenvalue weighted by Crippen LogP contribution is -2.25. The quantitative estimate of drug-likeness (QED) is 0.797. The summed E-state index contributed by atoms with van der Waals surface area (Å²) in [6.45, 7) is 2.59. The Morgan fingerprint density at radius 3 is 2.62 bits per heavy atom. The molecule has 1 aromatic carbocycles. The summed E-state index contributed by atoms with van der Waals surface area (Å²) in [4.78, 5) is -0.0421. The van der Waals surface area contributed by atoms with Gasteiger partial charge < -0.3 is 9.26 Å². The highest BCUT2D eigenvalue weighted by atomic mass is 32.2. The summed E-state index contributed by atoms with van der Waals surface area (Å²) in [5.74, 6) is 5.22. The molecule has 0 aliphatic carbocycles. The largest absolute Gasteiger partial charge is 0.481 e. The molecule has 6 nitrogen and oxygen atoms in total. The van der Waals surface area contributed by atoms with E-state index in [-0.39, 0.29) is 35.3 Å². The van der Waals surface area contributed by atoms with Crippen molar-refractivity contribution in [3.8, 4) is 17.6 Å². The van der Waals surface area contributed by atoms with Gasteiger partial charge in [-0.3, -0.25) is 0 Å². The lowest BCUT2D eigenvalue weighted by molar-refractivity contribution is -0.137. The number of aromatic nitrogens is 1. The molecular weight excluding hydrogens is 373 g/mol. The lowest BCUT2D eigenvalue weighted by atomic mass is 10.2. The maximum Gasteiger partial charge on any atom is 0.416 e. The third-order valence-electron chi connectivity index (χ3n) is 3.18. The standard InChI is InChI=1S/C16H15F3N2O4S/c1-11-15(12(2)25-21-11)26(22,23)20-8-3-4-9-24-14-7-5-6-13(10-14)16(17,18)19/h5-7,10,20H,8-9H2,1-2H3. The van der Waals surface area contributed by atoms with E-state index in [0.29, 0.717) is 0 Å². The highest BCUT2D eigenvalue weighted by Crippen LogP contribution is 2.31. The summed E-state index contributed by atoms with van der Waals surface area (Å²) in [6.07, 6.45) is -4.46. The first-order chi connectivity index (χ1) is 12.1. The number of rotatable bonds is 5. The van der Waals surface area contributed by atoms with Crippen LogP contribution in [-0.4, -0.2) is 26.7 Å². The summed E-state index contributed by atoms with van der Waals surface area (Å²) < 4.78 is 74.1. The van der Waals surface area contributed by atoms with E-state index in [4.69, 9.17) is 9.26 Å². The second-order valence-corrected chi connectivity index (χ2v) is 6.85. The third kappa shape index (κ3) is 5.00. The van der Waals surface area contributed by atoms with Gasteiger partial charge in [0.1, 0.15) is 22.9 Å². The topological polar surface area (TPSA) is 81.4 Å². The molecular formula is C16H15F3N2O4S. The van der Waals surface area contributed by atoms with Crippen molar-refractivity contribution in [1.29, 1.82) is 0 Å². The van der Waals surface area contributed by atoms with Crippen LogP contribution in [0.2, 0.25) is 0 Å². The molecule has 0 saturated carbocycles. The molecule has 0 unspecified atom stereocenters. The number of hydrogen-bond acceptors (Lipinski definition) is 5. The molecule has 0 atom stereocenters. The van der Waals surface area contributed by atoms with E-state index in [1.54, 1.807) is 0 Å². The molecule has 2 aromatic rings. The molecule has 10 heteroatoms. The van der Waals surface area contributed by atoms with Crippen molar-refractivity contribution < 1.29 is 30.8 Å². The van der Waals surface area contributed by atoms with Crippen LogP contribution >= 0.6 is 0 Å². The molecule has 2 rings (SSSR count). The molecule has 26 heavy (non-hydrogen) atoms. The maximum absolute atomic E-state index is 12.6. The zero-order chi connectivity index (χ0) is 19.4. The Morgan fingerprint density at radius 2 is 2.00 bits per heavy atom. The molecule has 1 N–H and O–H groups in total. The van der Waals surface area contributed by atoms with Crippen LogP contribution in [0.1, 0.15) is 17.0 Å². The van der Waals surface area contributed by atoms with E-state index in [9.17, 15) is 21.6 Å². The Labute approximate surface area is 148 Å². The Balaban J connectivity index is 1.88. The van der Waals surface area contributed by atoms with Gasteiger partial charge in [0.15, 0.2) is 5.76 Å². The van der Waals surface area contributed by atoms with Crippen molar-refractivity contribution in [2.24, 2.45) is 0 Å². The van der Waals surface area contributed by atoms with E-state index >= 15 is 0 Å². The molecule has 0 radical (unpaired) electrons. The summed E-state index contributed by atoms with van der Waals surface area (Å²) in [5.41, 5.74) is -0.592. The molecule has 1 aromatic heterocycles. The fraction of sp³-hybridized carbons (Fsp3) is 0.312. The number of sulfonamides is 1.